The number of amides is 1. The number of carbonyl (C=O) groups is 1. The van der Waals surface area contributed by atoms with Crippen molar-refractivity contribution in [1.82, 2.24) is 15.1 Å². The molecule has 2 heterocycles. The van der Waals surface area contributed by atoms with Crippen molar-refractivity contribution in [2.24, 2.45) is 0 Å². The highest BCUT2D eigenvalue weighted by atomic mass is 35.5. The molecule has 166 valence electrons. The normalized spacial score (nSPS) is 15.1. The van der Waals surface area contributed by atoms with Crippen LogP contribution in [0, 0.1) is 6.92 Å². The van der Waals surface area contributed by atoms with Crippen LogP contribution < -0.4 is 9.47 Å². The van der Waals surface area contributed by atoms with Crippen LogP contribution in [0.25, 0.3) is 11.3 Å². The second-order valence-corrected chi connectivity index (χ2v) is 7.88. The van der Waals surface area contributed by atoms with Gasteiger partial charge < -0.3 is 19.5 Å². The van der Waals surface area contributed by atoms with Gasteiger partial charge in [-0.1, -0.05) is 23.7 Å². The standard InChI is InChI=1S/C24H24ClN3O4/c1-5-9-28-23(14-7-8-18(32-6-2)19(11-14)31-4)20-21(26-27-22(20)24(28)30)15-12-16(25)13(3)10-17(15)29/h5,7-8,10-12,23,29H,1,6,9H2,2-4H3,(H,26,27). The summed E-state index contributed by atoms with van der Waals surface area (Å²) in [6.45, 7) is 8.35. The summed E-state index contributed by atoms with van der Waals surface area (Å²) in [4.78, 5) is 14.9. The lowest BCUT2D eigenvalue weighted by Crippen LogP contribution is -2.29. The van der Waals surface area contributed by atoms with Crippen LogP contribution >= 0.6 is 11.6 Å². The quantitative estimate of drug-likeness (QED) is 0.497. The van der Waals surface area contributed by atoms with E-state index in [-0.39, 0.29) is 11.7 Å². The van der Waals surface area contributed by atoms with Crippen LogP contribution in [0.4, 0.5) is 0 Å². The Bertz CT molecular complexity index is 1200. The molecule has 3 aromatic rings. The number of benzene rings is 2. The first-order valence-electron chi connectivity index (χ1n) is 10.2. The number of rotatable bonds is 7. The number of fused-ring (bicyclic) bond motifs is 1. The average molecular weight is 454 g/mol. The molecule has 4 rings (SSSR count). The molecule has 0 bridgehead atoms. The van der Waals surface area contributed by atoms with Gasteiger partial charge in [-0.3, -0.25) is 9.89 Å². The van der Waals surface area contributed by atoms with Crippen molar-refractivity contribution in [3.8, 4) is 28.5 Å². The number of H-pyrrole nitrogens is 1. The molecule has 0 aliphatic carbocycles. The number of aromatic nitrogens is 2. The van der Waals surface area contributed by atoms with Crippen molar-refractivity contribution >= 4 is 17.5 Å². The molecule has 32 heavy (non-hydrogen) atoms. The summed E-state index contributed by atoms with van der Waals surface area (Å²) in [6, 6.07) is 8.37. The maximum Gasteiger partial charge on any atom is 0.273 e. The predicted molar refractivity (Wildman–Crippen MR) is 123 cm³/mol. The Labute approximate surface area is 191 Å². The maximum atomic E-state index is 13.2. The Morgan fingerprint density at radius 2 is 2.09 bits per heavy atom. The van der Waals surface area contributed by atoms with E-state index < -0.39 is 6.04 Å². The van der Waals surface area contributed by atoms with Crippen LogP contribution in [0.2, 0.25) is 5.02 Å². The highest BCUT2D eigenvalue weighted by Crippen LogP contribution is 2.46. The monoisotopic (exact) mass is 453 g/mol. The van der Waals surface area contributed by atoms with Crippen LogP contribution in [-0.2, 0) is 0 Å². The topological polar surface area (TPSA) is 87.7 Å². The zero-order chi connectivity index (χ0) is 23.0. The number of carbonyl (C=O) groups excluding carboxylic acids is 1. The summed E-state index contributed by atoms with van der Waals surface area (Å²) >= 11 is 6.33. The van der Waals surface area contributed by atoms with Gasteiger partial charge in [0, 0.05) is 22.7 Å². The molecule has 1 aromatic heterocycles. The van der Waals surface area contributed by atoms with Crippen LogP contribution in [0.5, 0.6) is 17.2 Å². The molecule has 1 amide bonds. The number of phenols is 1. The van der Waals surface area contributed by atoms with Gasteiger partial charge in [0.25, 0.3) is 5.91 Å². The van der Waals surface area contributed by atoms with Crippen molar-refractivity contribution in [2.45, 2.75) is 19.9 Å². The van der Waals surface area contributed by atoms with E-state index in [0.29, 0.717) is 52.2 Å². The Balaban J connectivity index is 1.91. The largest absolute Gasteiger partial charge is 0.507 e. The molecule has 1 unspecified atom stereocenters. The van der Waals surface area contributed by atoms with Gasteiger partial charge in [0.05, 0.1) is 19.8 Å². The van der Waals surface area contributed by atoms with Crippen LogP contribution in [0.15, 0.2) is 43.0 Å². The van der Waals surface area contributed by atoms with Gasteiger partial charge in [-0.25, -0.2) is 0 Å². The summed E-state index contributed by atoms with van der Waals surface area (Å²) < 4.78 is 11.2. The molecule has 7 nitrogen and oxygen atoms in total. The summed E-state index contributed by atoms with van der Waals surface area (Å²) in [5, 5.41) is 18.4. The van der Waals surface area contributed by atoms with E-state index >= 15 is 0 Å². The number of nitrogens with one attached hydrogen (secondary N) is 1. The SMILES string of the molecule is C=CCN1C(=O)c2[nH]nc(-c3cc(Cl)c(C)cc3O)c2C1c1ccc(OCC)c(OC)c1. The summed E-state index contributed by atoms with van der Waals surface area (Å²) in [5.74, 6) is 1.03. The number of hydrogen-bond donors (Lipinski definition) is 2. The molecule has 2 N–H and O–H groups in total. The summed E-state index contributed by atoms with van der Waals surface area (Å²) in [7, 11) is 1.57. The van der Waals surface area contributed by atoms with E-state index in [0.717, 1.165) is 11.1 Å². The van der Waals surface area contributed by atoms with E-state index in [4.69, 9.17) is 21.1 Å². The van der Waals surface area contributed by atoms with E-state index in [1.165, 1.54) is 0 Å². The molecular weight excluding hydrogens is 430 g/mol. The van der Waals surface area contributed by atoms with Crippen molar-refractivity contribution < 1.29 is 19.4 Å². The van der Waals surface area contributed by atoms with E-state index in [9.17, 15) is 9.90 Å². The lowest BCUT2D eigenvalue weighted by molar-refractivity contribution is 0.0764. The molecule has 1 aliphatic heterocycles. The van der Waals surface area contributed by atoms with E-state index in [2.05, 4.69) is 16.8 Å². The first kappa shape index (κ1) is 21.8. The molecule has 0 saturated carbocycles. The van der Waals surface area contributed by atoms with Crippen molar-refractivity contribution in [2.75, 3.05) is 20.3 Å². The third-order valence-electron chi connectivity index (χ3n) is 5.52. The van der Waals surface area contributed by atoms with Gasteiger partial charge in [-0.15, -0.1) is 6.58 Å². The lowest BCUT2D eigenvalue weighted by atomic mass is 9.95. The van der Waals surface area contributed by atoms with E-state index in [1.807, 2.05) is 32.0 Å². The Kier molecular flexibility index (Phi) is 5.84. The van der Waals surface area contributed by atoms with Crippen LogP contribution in [-0.4, -0.2) is 46.4 Å². The predicted octanol–water partition coefficient (Wildman–Crippen LogP) is 4.88. The van der Waals surface area contributed by atoms with Crippen molar-refractivity contribution in [3.05, 3.63) is 70.4 Å². The minimum absolute atomic E-state index is 0.0406. The summed E-state index contributed by atoms with van der Waals surface area (Å²) in [5.41, 5.74) is 3.53. The second kappa shape index (κ2) is 8.59. The van der Waals surface area contributed by atoms with Crippen molar-refractivity contribution in [1.29, 1.82) is 0 Å². The first-order chi connectivity index (χ1) is 15.4. The Morgan fingerprint density at radius 3 is 2.78 bits per heavy atom. The van der Waals surface area contributed by atoms with Gasteiger partial charge in [0.2, 0.25) is 0 Å². The molecule has 8 heteroatoms. The second-order valence-electron chi connectivity index (χ2n) is 7.47. The smallest absolute Gasteiger partial charge is 0.273 e. The van der Waals surface area contributed by atoms with Crippen molar-refractivity contribution in [3.63, 3.8) is 0 Å². The highest BCUT2D eigenvalue weighted by molar-refractivity contribution is 6.31. The lowest BCUT2D eigenvalue weighted by Gasteiger charge is -2.26. The number of phenolic OH excluding ortho intramolecular Hbond substituents is 1. The zero-order valence-corrected chi connectivity index (χ0v) is 18.9. The van der Waals surface area contributed by atoms with Gasteiger partial charge in [-0.2, -0.15) is 5.10 Å². The minimum Gasteiger partial charge on any atom is -0.507 e. The third kappa shape index (κ3) is 3.48. The number of methoxy groups -OCH3 is 1. The number of nitrogens with zero attached hydrogens (tertiary/aromatic N) is 2. The number of aromatic hydroxyl groups is 1. The fourth-order valence-corrected chi connectivity index (χ4v) is 4.22. The first-order valence-corrected chi connectivity index (χ1v) is 10.6. The van der Waals surface area contributed by atoms with Gasteiger partial charge in [-0.05, 0) is 49.2 Å². The number of hydrogen-bond acceptors (Lipinski definition) is 5. The van der Waals surface area contributed by atoms with Crippen LogP contribution in [0.3, 0.4) is 0 Å². The third-order valence-corrected chi connectivity index (χ3v) is 5.93. The Hall–Kier alpha value is -3.45. The molecule has 1 aliphatic rings. The van der Waals surface area contributed by atoms with Gasteiger partial charge in [0.1, 0.15) is 17.1 Å². The van der Waals surface area contributed by atoms with Gasteiger partial charge >= 0.3 is 0 Å². The average Bonchev–Trinajstić information content (AvgIpc) is 3.31. The number of ether oxygens (including phenoxy) is 2. The maximum absolute atomic E-state index is 13.2. The molecule has 1 atom stereocenters. The number of halogens is 1. The minimum atomic E-state index is -0.465. The fourth-order valence-electron chi connectivity index (χ4n) is 4.06. The number of aromatic amines is 1. The molecule has 0 spiro atoms. The van der Waals surface area contributed by atoms with Gasteiger partial charge in [0.15, 0.2) is 11.5 Å². The molecule has 0 saturated heterocycles. The molecule has 0 fully saturated rings. The number of aryl methyl sites for hydroxylation is 1. The highest BCUT2D eigenvalue weighted by Gasteiger charge is 2.42. The molecule has 0 radical (unpaired) electrons. The summed E-state index contributed by atoms with van der Waals surface area (Å²) in [6.07, 6.45) is 1.68. The fraction of sp³-hybridized carbons (Fsp3) is 0.250. The van der Waals surface area contributed by atoms with E-state index in [1.54, 1.807) is 30.2 Å². The molecule has 2 aromatic carbocycles. The van der Waals surface area contributed by atoms with Crippen LogP contribution in [0.1, 0.15) is 40.1 Å². The Morgan fingerprint density at radius 1 is 1.31 bits per heavy atom. The molecular formula is C24H24ClN3O4. The zero-order valence-electron chi connectivity index (χ0n) is 18.1.